The maximum absolute atomic E-state index is 13.6. The molecule has 0 radical (unpaired) electrons. The number of ether oxygens (including phenoxy) is 1. The van der Waals surface area contributed by atoms with Crippen LogP contribution in [0.5, 0.6) is 0 Å². The fraction of sp³-hybridized carbons (Fsp3) is 0.417. The topological polar surface area (TPSA) is 38.3 Å². The molecular weight excluding hydrogens is 264 g/mol. The van der Waals surface area contributed by atoms with Crippen molar-refractivity contribution in [3.63, 3.8) is 0 Å². The number of esters is 1. The van der Waals surface area contributed by atoms with Gasteiger partial charge in [0.05, 0.1) is 6.61 Å². The third kappa shape index (κ3) is 1.97. The summed E-state index contributed by atoms with van der Waals surface area (Å²) in [7, 11) is 0. The second-order valence-electron chi connectivity index (χ2n) is 4.25. The molecule has 0 aliphatic heterocycles. The second kappa shape index (κ2) is 4.82. The van der Waals surface area contributed by atoms with E-state index in [0.29, 0.717) is 5.56 Å². The Hall–Kier alpha value is -1.20. The van der Waals surface area contributed by atoms with Crippen molar-refractivity contribution in [1.82, 2.24) is 4.84 Å². The first-order valence-electron chi connectivity index (χ1n) is 5.55. The van der Waals surface area contributed by atoms with E-state index in [-0.39, 0.29) is 25.0 Å². The van der Waals surface area contributed by atoms with Crippen molar-refractivity contribution < 1.29 is 18.3 Å². The van der Waals surface area contributed by atoms with Gasteiger partial charge in [-0.3, -0.25) is 0 Å². The monoisotopic (exact) mass is 275 g/mol. The summed E-state index contributed by atoms with van der Waals surface area (Å²) in [4.78, 5) is 14.2. The summed E-state index contributed by atoms with van der Waals surface area (Å²) in [5, 5.41) is 0. The van der Waals surface area contributed by atoms with E-state index in [2.05, 4.69) is 4.84 Å². The molecule has 1 aliphatic carbocycles. The molecule has 1 N–H and O–H groups in total. The van der Waals surface area contributed by atoms with Gasteiger partial charge in [0.15, 0.2) is 11.6 Å². The van der Waals surface area contributed by atoms with Crippen LogP contribution in [0.25, 0.3) is 0 Å². The Morgan fingerprint density at radius 1 is 1.50 bits per heavy atom. The van der Waals surface area contributed by atoms with Crippen molar-refractivity contribution in [2.75, 3.05) is 6.61 Å². The number of carbonyl (C=O) groups excluding carboxylic acids is 1. The van der Waals surface area contributed by atoms with Gasteiger partial charge < -0.3 is 4.74 Å². The molecule has 0 saturated carbocycles. The van der Waals surface area contributed by atoms with E-state index in [1.165, 1.54) is 6.07 Å². The molecule has 0 aromatic heterocycles. The minimum absolute atomic E-state index is 0.0196. The SMILES string of the molecule is CCOC(=O)C1(NCl)Cc2ccc(F)c(F)c2C1. The van der Waals surface area contributed by atoms with Crippen molar-refractivity contribution in [1.29, 1.82) is 0 Å². The van der Waals surface area contributed by atoms with Crippen molar-refractivity contribution in [3.05, 3.63) is 34.9 Å². The first-order chi connectivity index (χ1) is 8.54. The molecular formula is C12H12ClF2NO2. The predicted molar refractivity (Wildman–Crippen MR) is 62.1 cm³/mol. The van der Waals surface area contributed by atoms with Crippen LogP contribution < -0.4 is 4.84 Å². The van der Waals surface area contributed by atoms with Gasteiger partial charge >= 0.3 is 5.97 Å². The zero-order chi connectivity index (χ0) is 13.3. The Morgan fingerprint density at radius 3 is 2.83 bits per heavy atom. The van der Waals surface area contributed by atoms with Crippen molar-refractivity contribution >= 4 is 17.7 Å². The van der Waals surface area contributed by atoms with Crippen molar-refractivity contribution in [2.45, 2.75) is 25.3 Å². The normalized spacial score (nSPS) is 21.8. The zero-order valence-electron chi connectivity index (χ0n) is 9.73. The van der Waals surface area contributed by atoms with Crippen LogP contribution in [-0.4, -0.2) is 18.1 Å². The van der Waals surface area contributed by atoms with Crippen LogP contribution in [0.3, 0.4) is 0 Å². The van der Waals surface area contributed by atoms with Crippen LogP contribution >= 0.6 is 11.8 Å². The van der Waals surface area contributed by atoms with E-state index in [4.69, 9.17) is 16.5 Å². The smallest absolute Gasteiger partial charge is 0.328 e. The molecule has 1 aromatic carbocycles. The summed E-state index contributed by atoms with van der Waals surface area (Å²) < 4.78 is 31.7. The van der Waals surface area contributed by atoms with Gasteiger partial charge in [-0.05, 0) is 35.9 Å². The Balaban J connectivity index is 2.37. The van der Waals surface area contributed by atoms with Crippen LogP contribution in [0.2, 0.25) is 0 Å². The highest BCUT2D eigenvalue weighted by Crippen LogP contribution is 2.34. The highest BCUT2D eigenvalue weighted by molar-refractivity contribution is 6.15. The van der Waals surface area contributed by atoms with E-state index in [0.717, 1.165) is 6.07 Å². The molecule has 0 spiro atoms. The molecule has 0 saturated heterocycles. The lowest BCUT2D eigenvalue weighted by atomic mass is 9.97. The highest BCUT2D eigenvalue weighted by atomic mass is 35.5. The summed E-state index contributed by atoms with van der Waals surface area (Å²) in [5.41, 5.74) is -0.472. The van der Waals surface area contributed by atoms with Gasteiger partial charge in [0, 0.05) is 12.8 Å². The maximum atomic E-state index is 13.6. The number of halogens is 3. The number of hydrogen-bond acceptors (Lipinski definition) is 3. The van der Waals surface area contributed by atoms with Crippen LogP contribution in [0.1, 0.15) is 18.1 Å². The van der Waals surface area contributed by atoms with Crippen molar-refractivity contribution in [3.8, 4) is 0 Å². The number of fused-ring (bicyclic) bond motifs is 1. The Bertz CT molecular complexity index is 495. The minimum Gasteiger partial charge on any atom is -0.465 e. The Labute approximate surface area is 108 Å². The van der Waals surface area contributed by atoms with Crippen LogP contribution in [0.15, 0.2) is 12.1 Å². The third-order valence-electron chi connectivity index (χ3n) is 3.11. The minimum atomic E-state index is -1.21. The number of nitrogens with one attached hydrogen (secondary N) is 1. The molecule has 0 amide bonds. The van der Waals surface area contributed by atoms with Gasteiger partial charge in [0.25, 0.3) is 0 Å². The van der Waals surface area contributed by atoms with Crippen LogP contribution in [0.4, 0.5) is 8.78 Å². The zero-order valence-corrected chi connectivity index (χ0v) is 10.5. The van der Waals surface area contributed by atoms with Crippen LogP contribution in [-0.2, 0) is 22.4 Å². The second-order valence-corrected chi connectivity index (χ2v) is 4.44. The summed E-state index contributed by atoms with van der Waals surface area (Å²) >= 11 is 5.61. The van der Waals surface area contributed by atoms with Crippen LogP contribution in [0, 0.1) is 11.6 Å². The molecule has 6 heteroatoms. The molecule has 1 atom stereocenters. The molecule has 18 heavy (non-hydrogen) atoms. The lowest BCUT2D eigenvalue weighted by Crippen LogP contribution is -2.50. The van der Waals surface area contributed by atoms with Crippen molar-refractivity contribution in [2.24, 2.45) is 0 Å². The first-order valence-corrected chi connectivity index (χ1v) is 5.92. The van der Waals surface area contributed by atoms with Gasteiger partial charge in [-0.2, -0.15) is 0 Å². The van der Waals surface area contributed by atoms with Gasteiger partial charge in [-0.25, -0.2) is 18.4 Å². The number of benzene rings is 1. The van der Waals surface area contributed by atoms with E-state index in [1.807, 2.05) is 0 Å². The van der Waals surface area contributed by atoms with Gasteiger partial charge in [-0.15, -0.1) is 0 Å². The van der Waals surface area contributed by atoms with Gasteiger partial charge in [-0.1, -0.05) is 6.07 Å². The molecule has 2 rings (SSSR count). The molecule has 1 aliphatic rings. The molecule has 0 heterocycles. The summed E-state index contributed by atoms with van der Waals surface area (Å²) in [6, 6.07) is 2.51. The van der Waals surface area contributed by atoms with E-state index >= 15 is 0 Å². The fourth-order valence-corrected chi connectivity index (χ4v) is 2.41. The summed E-state index contributed by atoms with van der Waals surface area (Å²) in [6.07, 6.45) is 0.163. The van der Waals surface area contributed by atoms with E-state index in [1.54, 1.807) is 6.92 Å². The standard InChI is InChI=1S/C12H12ClF2NO2/c1-2-18-11(17)12(16-13)5-7-3-4-9(14)10(15)8(7)6-12/h3-4,16H,2,5-6H2,1H3. The third-order valence-corrected chi connectivity index (χ3v) is 3.47. The molecule has 0 bridgehead atoms. The van der Waals surface area contributed by atoms with E-state index < -0.39 is 23.1 Å². The Kier molecular flexibility index (Phi) is 3.54. The molecule has 3 nitrogen and oxygen atoms in total. The molecule has 0 fully saturated rings. The number of hydrogen-bond donors (Lipinski definition) is 1. The van der Waals surface area contributed by atoms with Gasteiger partial charge in [0.2, 0.25) is 0 Å². The molecule has 1 unspecified atom stereocenters. The maximum Gasteiger partial charge on any atom is 0.328 e. The lowest BCUT2D eigenvalue weighted by molar-refractivity contribution is -0.150. The molecule has 98 valence electrons. The summed E-state index contributed by atoms with van der Waals surface area (Å²) in [5.74, 6) is -2.41. The molecule has 1 aromatic rings. The summed E-state index contributed by atoms with van der Waals surface area (Å²) in [6.45, 7) is 1.87. The number of rotatable bonds is 3. The average molecular weight is 276 g/mol. The largest absolute Gasteiger partial charge is 0.465 e. The predicted octanol–water partition coefficient (Wildman–Crippen LogP) is 2.11. The van der Waals surface area contributed by atoms with Gasteiger partial charge in [0.1, 0.15) is 5.54 Å². The number of carbonyl (C=O) groups is 1. The quantitative estimate of drug-likeness (QED) is 0.678. The lowest BCUT2D eigenvalue weighted by Gasteiger charge is -2.24. The highest BCUT2D eigenvalue weighted by Gasteiger charge is 2.46. The average Bonchev–Trinajstić information content (AvgIpc) is 2.75. The van der Waals surface area contributed by atoms with E-state index in [9.17, 15) is 13.6 Å². The first kappa shape index (κ1) is 13.2. The fourth-order valence-electron chi connectivity index (χ4n) is 2.20. The Morgan fingerprint density at radius 2 is 2.22 bits per heavy atom.